The lowest BCUT2D eigenvalue weighted by atomic mass is 10.1. The average molecular weight is 220 g/mol. The van der Waals surface area contributed by atoms with Gasteiger partial charge in [0.05, 0.1) is 12.2 Å². The molecule has 15 heavy (non-hydrogen) atoms. The van der Waals surface area contributed by atoms with E-state index in [0.717, 1.165) is 0 Å². The third-order valence-corrected chi connectivity index (χ3v) is 1.51. The Bertz CT molecular complexity index is 270. The number of carboxylic acids is 1. The number of carboxylic acid groups (broad SMARTS) is 1. The number of alkyl halides is 2. The third-order valence-electron chi connectivity index (χ3n) is 1.51. The van der Waals surface area contributed by atoms with E-state index in [-0.39, 0.29) is 12.2 Å². The smallest absolute Gasteiger partial charge is 0.345 e. The van der Waals surface area contributed by atoms with Gasteiger partial charge in [-0.1, -0.05) is 13.0 Å². The zero-order chi connectivity index (χ0) is 11.8. The van der Waals surface area contributed by atoms with Gasteiger partial charge in [0.1, 0.15) is 0 Å². The van der Waals surface area contributed by atoms with Crippen LogP contribution in [0.4, 0.5) is 8.78 Å². The maximum Gasteiger partial charge on any atom is 0.345 e. The SMILES string of the molecule is CC/C=C(\C=C(/C)COC(F)F)C(=O)O. The minimum atomic E-state index is -2.84. The number of halogens is 2. The summed E-state index contributed by atoms with van der Waals surface area (Å²) in [6, 6.07) is 0. The molecule has 0 unspecified atom stereocenters. The zero-order valence-electron chi connectivity index (χ0n) is 8.67. The molecule has 0 aromatic carbocycles. The normalized spacial score (nSPS) is 13.4. The average Bonchev–Trinajstić information content (AvgIpc) is 2.14. The second kappa shape index (κ2) is 7.11. The fraction of sp³-hybridized carbons (Fsp3) is 0.500. The van der Waals surface area contributed by atoms with E-state index in [1.165, 1.54) is 19.1 Å². The lowest BCUT2D eigenvalue weighted by Gasteiger charge is -2.03. The zero-order valence-corrected chi connectivity index (χ0v) is 8.67. The molecule has 3 nitrogen and oxygen atoms in total. The van der Waals surface area contributed by atoms with Crippen LogP contribution in [0.3, 0.4) is 0 Å². The van der Waals surface area contributed by atoms with E-state index >= 15 is 0 Å². The largest absolute Gasteiger partial charge is 0.478 e. The Balaban J connectivity index is 4.41. The predicted molar refractivity (Wildman–Crippen MR) is 51.7 cm³/mol. The maximum atomic E-state index is 11.7. The van der Waals surface area contributed by atoms with Crippen molar-refractivity contribution in [2.45, 2.75) is 26.9 Å². The van der Waals surface area contributed by atoms with Crippen molar-refractivity contribution in [3.8, 4) is 0 Å². The summed E-state index contributed by atoms with van der Waals surface area (Å²) in [5, 5.41) is 8.73. The molecule has 0 radical (unpaired) electrons. The van der Waals surface area contributed by atoms with Crippen molar-refractivity contribution in [1.82, 2.24) is 0 Å². The number of rotatable bonds is 6. The lowest BCUT2D eigenvalue weighted by molar-refractivity contribution is -0.132. The van der Waals surface area contributed by atoms with Crippen LogP contribution in [-0.4, -0.2) is 24.3 Å². The van der Waals surface area contributed by atoms with Crippen molar-refractivity contribution in [3.05, 3.63) is 23.3 Å². The molecule has 0 saturated heterocycles. The quantitative estimate of drug-likeness (QED) is 0.552. The van der Waals surface area contributed by atoms with Crippen molar-refractivity contribution in [1.29, 1.82) is 0 Å². The highest BCUT2D eigenvalue weighted by molar-refractivity contribution is 5.89. The highest BCUT2D eigenvalue weighted by Gasteiger charge is 2.05. The van der Waals surface area contributed by atoms with Crippen LogP contribution >= 0.6 is 0 Å². The van der Waals surface area contributed by atoms with E-state index in [1.807, 2.05) is 0 Å². The van der Waals surface area contributed by atoms with Crippen molar-refractivity contribution >= 4 is 5.97 Å². The standard InChI is InChI=1S/C10H14F2O3/c1-3-4-8(9(13)14)5-7(2)6-15-10(11)12/h4-5,10H,3,6H2,1-2H3,(H,13,14)/b7-5+,8-4+. The summed E-state index contributed by atoms with van der Waals surface area (Å²) >= 11 is 0. The van der Waals surface area contributed by atoms with Gasteiger partial charge in [-0.25, -0.2) is 4.79 Å². The summed E-state index contributed by atoms with van der Waals surface area (Å²) in [6.07, 6.45) is 3.41. The van der Waals surface area contributed by atoms with Gasteiger partial charge in [0.2, 0.25) is 0 Å². The maximum absolute atomic E-state index is 11.7. The lowest BCUT2D eigenvalue weighted by Crippen LogP contribution is -2.04. The molecule has 0 spiro atoms. The van der Waals surface area contributed by atoms with Crippen LogP contribution in [0.1, 0.15) is 20.3 Å². The Morgan fingerprint density at radius 1 is 1.53 bits per heavy atom. The summed E-state index contributed by atoms with van der Waals surface area (Å²) in [5.74, 6) is -1.08. The van der Waals surface area contributed by atoms with Crippen LogP contribution < -0.4 is 0 Å². The highest BCUT2D eigenvalue weighted by Crippen LogP contribution is 2.06. The highest BCUT2D eigenvalue weighted by atomic mass is 19.3. The predicted octanol–water partition coefficient (Wildman–Crippen LogP) is 2.59. The van der Waals surface area contributed by atoms with Gasteiger partial charge in [-0.3, -0.25) is 0 Å². The van der Waals surface area contributed by atoms with E-state index < -0.39 is 12.6 Å². The van der Waals surface area contributed by atoms with Gasteiger partial charge in [-0.2, -0.15) is 8.78 Å². The third kappa shape index (κ3) is 6.79. The van der Waals surface area contributed by atoms with Crippen LogP contribution in [0.2, 0.25) is 0 Å². The van der Waals surface area contributed by atoms with E-state index in [4.69, 9.17) is 5.11 Å². The first-order valence-corrected chi connectivity index (χ1v) is 4.47. The monoisotopic (exact) mass is 220 g/mol. The van der Waals surface area contributed by atoms with E-state index in [2.05, 4.69) is 4.74 Å². The topological polar surface area (TPSA) is 46.5 Å². The molecule has 86 valence electrons. The van der Waals surface area contributed by atoms with Gasteiger partial charge < -0.3 is 9.84 Å². The fourth-order valence-corrected chi connectivity index (χ4v) is 0.929. The summed E-state index contributed by atoms with van der Waals surface area (Å²) in [7, 11) is 0. The molecule has 0 aliphatic heterocycles. The first kappa shape index (κ1) is 13.8. The fourth-order valence-electron chi connectivity index (χ4n) is 0.929. The molecule has 0 rings (SSSR count). The number of carbonyl (C=O) groups is 1. The molecule has 0 aliphatic carbocycles. The van der Waals surface area contributed by atoms with Crippen molar-refractivity contribution in [3.63, 3.8) is 0 Å². The van der Waals surface area contributed by atoms with Crippen LogP contribution in [-0.2, 0) is 9.53 Å². The number of hydrogen-bond acceptors (Lipinski definition) is 2. The van der Waals surface area contributed by atoms with Gasteiger partial charge in [-0.15, -0.1) is 0 Å². The Hall–Kier alpha value is -1.23. The molecule has 0 amide bonds. The number of allylic oxidation sites excluding steroid dienone is 1. The van der Waals surface area contributed by atoms with Crippen molar-refractivity contribution < 1.29 is 23.4 Å². The summed E-state index contributed by atoms with van der Waals surface area (Å²) < 4.78 is 27.4. The van der Waals surface area contributed by atoms with Gasteiger partial charge in [-0.05, 0) is 25.0 Å². The van der Waals surface area contributed by atoms with E-state index in [0.29, 0.717) is 12.0 Å². The minimum Gasteiger partial charge on any atom is -0.478 e. The van der Waals surface area contributed by atoms with E-state index in [1.54, 1.807) is 6.92 Å². The first-order chi connectivity index (χ1) is 6.97. The number of ether oxygens (including phenoxy) is 1. The van der Waals surface area contributed by atoms with Crippen LogP contribution in [0, 0.1) is 0 Å². The Labute approximate surface area is 87.0 Å². The first-order valence-electron chi connectivity index (χ1n) is 4.47. The van der Waals surface area contributed by atoms with Gasteiger partial charge in [0, 0.05) is 0 Å². The summed E-state index contributed by atoms with van der Waals surface area (Å²) in [6.45, 7) is 0.222. The second-order valence-electron chi connectivity index (χ2n) is 2.94. The molecule has 0 bridgehead atoms. The van der Waals surface area contributed by atoms with Gasteiger partial charge >= 0.3 is 12.6 Å². The van der Waals surface area contributed by atoms with Gasteiger partial charge in [0.15, 0.2) is 0 Å². The molecule has 0 atom stereocenters. The number of aliphatic carboxylic acids is 1. The Kier molecular flexibility index (Phi) is 6.53. The van der Waals surface area contributed by atoms with Crippen LogP contribution in [0.25, 0.3) is 0 Å². The van der Waals surface area contributed by atoms with E-state index in [9.17, 15) is 13.6 Å². The molecule has 0 aromatic heterocycles. The molecular weight excluding hydrogens is 206 g/mol. The molecule has 0 aromatic rings. The summed E-state index contributed by atoms with van der Waals surface area (Å²) in [4.78, 5) is 10.7. The Morgan fingerprint density at radius 3 is 2.53 bits per heavy atom. The Morgan fingerprint density at radius 2 is 2.13 bits per heavy atom. The molecule has 0 fully saturated rings. The molecule has 5 heteroatoms. The molecule has 0 saturated carbocycles. The van der Waals surface area contributed by atoms with Crippen molar-refractivity contribution in [2.75, 3.05) is 6.61 Å². The molecule has 0 aliphatic rings. The number of hydrogen-bond donors (Lipinski definition) is 1. The van der Waals surface area contributed by atoms with Crippen LogP contribution in [0.5, 0.6) is 0 Å². The molecular formula is C10H14F2O3. The minimum absolute atomic E-state index is 0.0906. The van der Waals surface area contributed by atoms with Gasteiger partial charge in [0.25, 0.3) is 0 Å². The summed E-state index contributed by atoms with van der Waals surface area (Å²) in [5.41, 5.74) is 0.533. The van der Waals surface area contributed by atoms with Crippen molar-refractivity contribution in [2.24, 2.45) is 0 Å². The second-order valence-corrected chi connectivity index (χ2v) is 2.94. The molecule has 1 N–H and O–H groups in total. The molecule has 0 heterocycles. The van der Waals surface area contributed by atoms with Crippen LogP contribution in [0.15, 0.2) is 23.3 Å².